The summed E-state index contributed by atoms with van der Waals surface area (Å²) in [4.78, 5) is 8.32. The molecule has 0 atom stereocenters. The Balaban J connectivity index is 2.30. The molecule has 0 aliphatic rings. The molecule has 0 fully saturated rings. The average molecular weight is 200 g/mol. The van der Waals surface area contributed by atoms with E-state index in [1.54, 1.807) is 24.5 Å². The standard InChI is InChI=1S/C11H12N4/c1-8-10(5-3-6-13-8)15-11-9(12)4-2-7-14-11/h2-7H,12H2,1H3,(H,14,15). The molecule has 0 aromatic carbocycles. The van der Waals surface area contributed by atoms with Crippen molar-refractivity contribution in [1.29, 1.82) is 0 Å². The topological polar surface area (TPSA) is 63.8 Å². The molecule has 2 heterocycles. The van der Waals surface area contributed by atoms with Crippen LogP contribution in [-0.2, 0) is 0 Å². The summed E-state index contributed by atoms with van der Waals surface area (Å²) in [6.07, 6.45) is 3.45. The fraction of sp³-hybridized carbons (Fsp3) is 0.0909. The van der Waals surface area contributed by atoms with Gasteiger partial charge in [-0.15, -0.1) is 0 Å². The molecule has 2 aromatic rings. The lowest BCUT2D eigenvalue weighted by Gasteiger charge is -2.09. The van der Waals surface area contributed by atoms with E-state index in [4.69, 9.17) is 5.73 Å². The minimum Gasteiger partial charge on any atom is -0.396 e. The zero-order chi connectivity index (χ0) is 10.7. The van der Waals surface area contributed by atoms with Crippen molar-refractivity contribution in [3.8, 4) is 0 Å². The maximum absolute atomic E-state index is 5.77. The smallest absolute Gasteiger partial charge is 0.153 e. The third-order valence-electron chi connectivity index (χ3n) is 2.10. The second-order valence-electron chi connectivity index (χ2n) is 3.20. The summed E-state index contributed by atoms with van der Waals surface area (Å²) >= 11 is 0. The Bertz CT molecular complexity index is 424. The van der Waals surface area contributed by atoms with Crippen molar-refractivity contribution in [3.05, 3.63) is 42.4 Å². The predicted molar refractivity (Wildman–Crippen MR) is 60.9 cm³/mol. The zero-order valence-electron chi connectivity index (χ0n) is 8.44. The van der Waals surface area contributed by atoms with Gasteiger partial charge in [0.1, 0.15) is 0 Å². The molecule has 0 bridgehead atoms. The highest BCUT2D eigenvalue weighted by Gasteiger charge is 2.02. The highest BCUT2D eigenvalue weighted by Crippen LogP contribution is 2.20. The summed E-state index contributed by atoms with van der Waals surface area (Å²) in [5, 5.41) is 3.14. The first kappa shape index (κ1) is 9.45. The minimum atomic E-state index is 0.626. The Kier molecular flexibility index (Phi) is 2.49. The first-order valence-electron chi connectivity index (χ1n) is 4.66. The largest absolute Gasteiger partial charge is 0.396 e. The van der Waals surface area contributed by atoms with E-state index in [0.717, 1.165) is 11.4 Å². The number of nitrogens with zero attached hydrogens (tertiary/aromatic N) is 2. The van der Waals surface area contributed by atoms with Gasteiger partial charge in [0.05, 0.1) is 17.1 Å². The maximum atomic E-state index is 5.77. The number of nitrogen functional groups attached to an aromatic ring is 1. The quantitative estimate of drug-likeness (QED) is 0.779. The number of anilines is 3. The lowest BCUT2D eigenvalue weighted by Crippen LogP contribution is -2.00. The van der Waals surface area contributed by atoms with Crippen molar-refractivity contribution in [2.75, 3.05) is 11.1 Å². The Labute approximate surface area is 88.2 Å². The van der Waals surface area contributed by atoms with Crippen LogP contribution in [0.1, 0.15) is 5.69 Å². The van der Waals surface area contributed by atoms with Crippen LogP contribution >= 0.6 is 0 Å². The fourth-order valence-electron chi connectivity index (χ4n) is 1.27. The molecule has 4 heteroatoms. The Hall–Kier alpha value is -2.10. The van der Waals surface area contributed by atoms with Crippen molar-refractivity contribution in [1.82, 2.24) is 9.97 Å². The Morgan fingerprint density at radius 2 is 1.87 bits per heavy atom. The van der Waals surface area contributed by atoms with Crippen molar-refractivity contribution in [3.63, 3.8) is 0 Å². The monoisotopic (exact) mass is 200 g/mol. The van der Waals surface area contributed by atoms with Gasteiger partial charge in [0.15, 0.2) is 5.82 Å². The summed E-state index contributed by atoms with van der Waals surface area (Å²) in [6, 6.07) is 7.42. The lowest BCUT2D eigenvalue weighted by molar-refractivity contribution is 1.19. The van der Waals surface area contributed by atoms with E-state index in [1.807, 2.05) is 19.1 Å². The van der Waals surface area contributed by atoms with Crippen LogP contribution in [0.2, 0.25) is 0 Å². The number of aryl methyl sites for hydroxylation is 1. The summed E-state index contributed by atoms with van der Waals surface area (Å²) in [6.45, 7) is 1.93. The second-order valence-corrected chi connectivity index (χ2v) is 3.20. The summed E-state index contributed by atoms with van der Waals surface area (Å²) < 4.78 is 0. The number of hydrogen-bond acceptors (Lipinski definition) is 4. The SMILES string of the molecule is Cc1ncccc1Nc1ncccc1N. The van der Waals surface area contributed by atoms with E-state index in [2.05, 4.69) is 15.3 Å². The van der Waals surface area contributed by atoms with Crippen molar-refractivity contribution in [2.45, 2.75) is 6.92 Å². The molecule has 3 N–H and O–H groups in total. The highest BCUT2D eigenvalue weighted by molar-refractivity contribution is 5.69. The highest BCUT2D eigenvalue weighted by atomic mass is 15.0. The first-order valence-corrected chi connectivity index (χ1v) is 4.66. The summed E-state index contributed by atoms with van der Waals surface area (Å²) in [7, 11) is 0. The molecule has 0 radical (unpaired) electrons. The van der Waals surface area contributed by atoms with Crippen LogP contribution in [-0.4, -0.2) is 9.97 Å². The second kappa shape index (κ2) is 3.96. The molecule has 2 aromatic heterocycles. The molecule has 0 spiro atoms. The van der Waals surface area contributed by atoms with Crippen LogP contribution in [0.25, 0.3) is 0 Å². The van der Waals surface area contributed by atoms with Gasteiger partial charge in [0.2, 0.25) is 0 Å². The first-order chi connectivity index (χ1) is 7.27. The van der Waals surface area contributed by atoms with Gasteiger partial charge in [0, 0.05) is 12.4 Å². The third-order valence-corrected chi connectivity index (χ3v) is 2.10. The number of aromatic nitrogens is 2. The number of hydrogen-bond donors (Lipinski definition) is 2. The number of nitrogens with one attached hydrogen (secondary N) is 1. The number of nitrogens with two attached hydrogens (primary N) is 1. The van der Waals surface area contributed by atoms with Gasteiger partial charge in [-0.3, -0.25) is 4.98 Å². The molecule has 0 aliphatic heterocycles. The van der Waals surface area contributed by atoms with Gasteiger partial charge >= 0.3 is 0 Å². The van der Waals surface area contributed by atoms with Crippen molar-refractivity contribution < 1.29 is 0 Å². The van der Waals surface area contributed by atoms with Crippen LogP contribution < -0.4 is 11.1 Å². The van der Waals surface area contributed by atoms with E-state index < -0.39 is 0 Å². The molecule has 0 saturated heterocycles. The molecule has 0 aliphatic carbocycles. The molecular weight excluding hydrogens is 188 g/mol. The van der Waals surface area contributed by atoms with Gasteiger partial charge in [-0.1, -0.05) is 0 Å². The molecule has 0 unspecified atom stereocenters. The molecule has 4 nitrogen and oxygen atoms in total. The normalized spacial score (nSPS) is 9.93. The van der Waals surface area contributed by atoms with E-state index in [1.165, 1.54) is 0 Å². The summed E-state index contributed by atoms with van der Waals surface area (Å²) in [5.74, 6) is 0.661. The van der Waals surface area contributed by atoms with Crippen molar-refractivity contribution in [2.24, 2.45) is 0 Å². The molecule has 0 saturated carbocycles. The van der Waals surface area contributed by atoms with E-state index in [0.29, 0.717) is 11.5 Å². The Morgan fingerprint density at radius 1 is 1.13 bits per heavy atom. The maximum Gasteiger partial charge on any atom is 0.153 e. The zero-order valence-corrected chi connectivity index (χ0v) is 8.44. The van der Waals surface area contributed by atoms with Crippen LogP contribution in [0.3, 0.4) is 0 Å². The van der Waals surface area contributed by atoms with Gasteiger partial charge in [-0.2, -0.15) is 0 Å². The minimum absolute atomic E-state index is 0.626. The predicted octanol–water partition coefficient (Wildman–Crippen LogP) is 2.11. The third kappa shape index (κ3) is 2.04. The lowest BCUT2D eigenvalue weighted by atomic mass is 10.3. The van der Waals surface area contributed by atoms with Crippen LogP contribution in [0.4, 0.5) is 17.2 Å². The molecule has 76 valence electrons. The van der Waals surface area contributed by atoms with E-state index in [9.17, 15) is 0 Å². The number of rotatable bonds is 2. The average Bonchev–Trinajstić information content (AvgIpc) is 2.24. The van der Waals surface area contributed by atoms with Crippen LogP contribution in [0.15, 0.2) is 36.7 Å². The van der Waals surface area contributed by atoms with Gasteiger partial charge in [-0.05, 0) is 31.2 Å². The number of pyridine rings is 2. The van der Waals surface area contributed by atoms with Crippen molar-refractivity contribution >= 4 is 17.2 Å². The van der Waals surface area contributed by atoms with Gasteiger partial charge in [-0.25, -0.2) is 4.98 Å². The van der Waals surface area contributed by atoms with Crippen LogP contribution in [0.5, 0.6) is 0 Å². The molecule has 2 rings (SSSR count). The van der Waals surface area contributed by atoms with E-state index in [-0.39, 0.29) is 0 Å². The molecule has 0 amide bonds. The summed E-state index contributed by atoms with van der Waals surface area (Å²) in [5.41, 5.74) is 8.24. The van der Waals surface area contributed by atoms with E-state index >= 15 is 0 Å². The molecule has 15 heavy (non-hydrogen) atoms. The Morgan fingerprint density at radius 3 is 2.60 bits per heavy atom. The van der Waals surface area contributed by atoms with Crippen LogP contribution in [0, 0.1) is 6.92 Å². The molecular formula is C11H12N4. The van der Waals surface area contributed by atoms with Gasteiger partial charge in [0.25, 0.3) is 0 Å². The van der Waals surface area contributed by atoms with Gasteiger partial charge < -0.3 is 11.1 Å². The fourth-order valence-corrected chi connectivity index (χ4v) is 1.27.